The maximum absolute atomic E-state index is 10.4. The molecule has 0 aromatic carbocycles. The fourth-order valence-electron chi connectivity index (χ4n) is 0. The molecule has 10 heteroatoms. The third-order valence-corrected chi connectivity index (χ3v) is 0.321. The molecule has 0 aliphatic carbocycles. The molecule has 0 N–H and O–H groups in total. The monoisotopic (exact) mass is 226 g/mol. The first-order chi connectivity index (χ1) is 5.25. The SMILES string of the molecule is FC(F)(F)C(F)(F)F.FC(F)(F)F. The first-order valence-electron chi connectivity index (χ1n) is 2.14. The zero-order chi connectivity index (χ0) is 11.5. The Morgan fingerprint density at radius 2 is 0.462 bits per heavy atom. The summed E-state index contributed by atoms with van der Waals surface area (Å²) in [6, 6.07) is 0. The Morgan fingerprint density at radius 1 is 0.385 bits per heavy atom. The zero-order valence-corrected chi connectivity index (χ0v) is 5.28. The van der Waals surface area contributed by atoms with Gasteiger partial charge in [-0.25, -0.2) is 0 Å². The second-order valence-corrected chi connectivity index (χ2v) is 1.42. The fourth-order valence-corrected chi connectivity index (χ4v) is 0. The number of rotatable bonds is 0. The average molecular weight is 226 g/mol. The number of alkyl halides is 10. The van der Waals surface area contributed by atoms with Crippen molar-refractivity contribution in [3.05, 3.63) is 0 Å². The van der Waals surface area contributed by atoms with E-state index in [-0.39, 0.29) is 0 Å². The van der Waals surface area contributed by atoms with Crippen molar-refractivity contribution < 1.29 is 43.9 Å². The summed E-state index contributed by atoms with van der Waals surface area (Å²) in [6.45, 7) is 0. The van der Waals surface area contributed by atoms with Crippen molar-refractivity contribution in [2.45, 2.75) is 18.8 Å². The van der Waals surface area contributed by atoms with Crippen molar-refractivity contribution in [3.8, 4) is 0 Å². The van der Waals surface area contributed by atoms with E-state index in [4.69, 9.17) is 0 Å². The van der Waals surface area contributed by atoms with Crippen LogP contribution in [0.2, 0.25) is 0 Å². The molecule has 82 valence electrons. The maximum Gasteiger partial charge on any atom is 0.559 e. The van der Waals surface area contributed by atoms with Crippen molar-refractivity contribution in [2.24, 2.45) is 0 Å². The molecule has 0 rings (SSSR count). The molecule has 0 nitrogen and oxygen atoms in total. The smallest absolute Gasteiger partial charge is 0.162 e. The van der Waals surface area contributed by atoms with Gasteiger partial charge in [-0.2, -0.15) is 26.3 Å². The minimum Gasteiger partial charge on any atom is -0.162 e. The van der Waals surface area contributed by atoms with Gasteiger partial charge in [-0.1, -0.05) is 0 Å². The molecule has 0 saturated carbocycles. The summed E-state index contributed by atoms with van der Waals surface area (Å²) >= 11 is 0. The first-order valence-corrected chi connectivity index (χ1v) is 2.14. The van der Waals surface area contributed by atoms with Crippen LogP contribution in [0.1, 0.15) is 0 Å². The molecule has 0 radical (unpaired) electrons. The Kier molecular flexibility index (Phi) is 4.56. The molecular formula is C3F10. The molecule has 0 bridgehead atoms. The van der Waals surface area contributed by atoms with E-state index in [0.717, 1.165) is 0 Å². The quantitative estimate of drug-likeness (QED) is 0.553. The minimum absolute atomic E-state index is 5.50. The summed E-state index contributed by atoms with van der Waals surface area (Å²) in [5.74, 6) is 0. The van der Waals surface area contributed by atoms with Crippen molar-refractivity contribution >= 4 is 0 Å². The van der Waals surface area contributed by atoms with Gasteiger partial charge in [-0.05, 0) is 0 Å². The standard InChI is InChI=1S/C2F6.CF4/c3-1(4,5)2(6,7)8;2-1(3,4)5. The van der Waals surface area contributed by atoms with Gasteiger partial charge in [0.1, 0.15) is 0 Å². The van der Waals surface area contributed by atoms with E-state index in [0.29, 0.717) is 0 Å². The third-order valence-electron chi connectivity index (χ3n) is 0.321. The van der Waals surface area contributed by atoms with E-state index in [2.05, 4.69) is 0 Å². The summed E-state index contributed by atoms with van der Waals surface area (Å²) < 4.78 is 101. The molecule has 0 aliphatic heterocycles. The van der Waals surface area contributed by atoms with E-state index in [9.17, 15) is 43.9 Å². The van der Waals surface area contributed by atoms with E-state index < -0.39 is 18.8 Å². The van der Waals surface area contributed by atoms with E-state index in [1.54, 1.807) is 0 Å². The summed E-state index contributed by atoms with van der Waals surface area (Å²) in [5, 5.41) is 0. The molecule has 0 aliphatic rings. The van der Waals surface area contributed by atoms with Crippen LogP contribution in [0.15, 0.2) is 0 Å². The average Bonchev–Trinajstić information content (AvgIpc) is 1.50. The van der Waals surface area contributed by atoms with Gasteiger partial charge >= 0.3 is 18.8 Å². The molecule has 0 spiro atoms. The van der Waals surface area contributed by atoms with Gasteiger partial charge in [0.2, 0.25) is 0 Å². The molecule has 0 atom stereocenters. The van der Waals surface area contributed by atoms with Crippen LogP contribution < -0.4 is 0 Å². The Bertz CT molecular complexity index is 114. The third kappa shape index (κ3) is 14.2. The van der Waals surface area contributed by atoms with E-state index >= 15 is 0 Å². The van der Waals surface area contributed by atoms with Crippen molar-refractivity contribution in [1.29, 1.82) is 0 Å². The highest BCUT2D eigenvalue weighted by Crippen LogP contribution is 2.35. The van der Waals surface area contributed by atoms with Crippen LogP contribution >= 0.6 is 0 Å². The summed E-state index contributed by atoms with van der Waals surface area (Å²) in [7, 11) is 0. The minimum atomic E-state index is -6.06. The largest absolute Gasteiger partial charge is 0.559 e. The molecule has 0 aromatic heterocycles. The van der Waals surface area contributed by atoms with E-state index in [1.165, 1.54) is 0 Å². The van der Waals surface area contributed by atoms with Crippen LogP contribution in [-0.2, 0) is 0 Å². The van der Waals surface area contributed by atoms with Gasteiger partial charge in [0, 0.05) is 0 Å². The van der Waals surface area contributed by atoms with Crippen molar-refractivity contribution in [1.82, 2.24) is 0 Å². The Hall–Kier alpha value is -0.700. The predicted molar refractivity (Wildman–Crippen MR) is 19.3 cm³/mol. The van der Waals surface area contributed by atoms with Crippen molar-refractivity contribution in [2.75, 3.05) is 0 Å². The predicted octanol–water partition coefficient (Wildman–Crippen LogP) is 3.59. The second kappa shape index (κ2) is 4.01. The molecule has 0 aromatic rings. The molecule has 0 fully saturated rings. The lowest BCUT2D eigenvalue weighted by molar-refractivity contribution is -0.339. The molecular weight excluding hydrogens is 226 g/mol. The lowest BCUT2D eigenvalue weighted by Gasteiger charge is -2.08. The Morgan fingerprint density at radius 3 is 0.462 bits per heavy atom. The summed E-state index contributed by atoms with van der Waals surface area (Å²) in [5.41, 5.74) is 0. The zero-order valence-electron chi connectivity index (χ0n) is 5.28. The molecule has 0 unspecified atom stereocenters. The summed E-state index contributed by atoms with van der Waals surface area (Å²) in [6.07, 6.45) is -17.6. The lowest BCUT2D eigenvalue weighted by atomic mass is 10.7. The van der Waals surface area contributed by atoms with Crippen LogP contribution in [0.5, 0.6) is 0 Å². The Labute approximate surface area is 64.1 Å². The van der Waals surface area contributed by atoms with Crippen molar-refractivity contribution in [3.63, 3.8) is 0 Å². The van der Waals surface area contributed by atoms with Gasteiger partial charge in [-0.3, -0.25) is 0 Å². The van der Waals surface area contributed by atoms with Gasteiger partial charge in [0.25, 0.3) is 0 Å². The summed E-state index contributed by atoms with van der Waals surface area (Å²) in [4.78, 5) is 0. The molecule has 0 heterocycles. The van der Waals surface area contributed by atoms with Gasteiger partial charge < -0.3 is 0 Å². The van der Waals surface area contributed by atoms with Gasteiger partial charge in [-0.15, -0.1) is 17.6 Å². The van der Waals surface area contributed by atoms with Crippen LogP contribution in [0, 0.1) is 0 Å². The fraction of sp³-hybridized carbons (Fsp3) is 1.00. The molecule has 13 heavy (non-hydrogen) atoms. The maximum atomic E-state index is 10.4. The molecule has 0 saturated heterocycles. The topological polar surface area (TPSA) is 0 Å². The first kappa shape index (κ1) is 14.8. The highest BCUT2D eigenvalue weighted by atomic mass is 19.5. The number of hydrogen-bond acceptors (Lipinski definition) is 0. The lowest BCUT2D eigenvalue weighted by Crippen LogP contribution is -2.30. The van der Waals surface area contributed by atoms with Crippen LogP contribution in [0.4, 0.5) is 43.9 Å². The Balaban J connectivity index is 0. The number of halogens is 10. The number of hydrogen-bond donors (Lipinski definition) is 0. The highest BCUT2D eigenvalue weighted by Gasteiger charge is 2.58. The second-order valence-electron chi connectivity index (χ2n) is 1.42. The van der Waals surface area contributed by atoms with Gasteiger partial charge in [0.05, 0.1) is 0 Å². The van der Waals surface area contributed by atoms with Crippen LogP contribution in [0.25, 0.3) is 0 Å². The molecule has 0 amide bonds. The highest BCUT2D eigenvalue weighted by molar-refractivity contribution is 4.59. The van der Waals surface area contributed by atoms with Gasteiger partial charge in [0.15, 0.2) is 0 Å². The van der Waals surface area contributed by atoms with E-state index in [1.807, 2.05) is 0 Å². The van der Waals surface area contributed by atoms with Crippen LogP contribution in [-0.4, -0.2) is 18.8 Å². The normalized spacial score (nSPS) is 13.4. The van der Waals surface area contributed by atoms with Crippen LogP contribution in [0.3, 0.4) is 0 Å².